The molecule has 1 aromatic rings. The summed E-state index contributed by atoms with van der Waals surface area (Å²) in [6, 6.07) is 7.14. The molecule has 6 nitrogen and oxygen atoms in total. The number of amides is 2. The van der Waals surface area contributed by atoms with Gasteiger partial charge in [0.05, 0.1) is 30.3 Å². The second-order valence-electron chi connectivity index (χ2n) is 6.01. The van der Waals surface area contributed by atoms with Crippen LogP contribution in [0.4, 0.5) is 0 Å². The molecule has 142 valence electrons. The van der Waals surface area contributed by atoms with Gasteiger partial charge in [0.1, 0.15) is 5.75 Å². The van der Waals surface area contributed by atoms with Crippen LogP contribution in [0.25, 0.3) is 5.57 Å². The number of hydrogen-bond acceptors (Lipinski definition) is 6. The summed E-state index contributed by atoms with van der Waals surface area (Å²) in [7, 11) is 1.53. The number of aliphatic hydroxyl groups excluding tert-OH is 1. The van der Waals surface area contributed by atoms with Gasteiger partial charge in [-0.25, -0.2) is 0 Å². The molecule has 0 saturated heterocycles. The van der Waals surface area contributed by atoms with Crippen LogP contribution in [0.1, 0.15) is 25.8 Å². The molecule has 0 saturated carbocycles. The molecule has 1 aliphatic heterocycles. The molecular formula is C19H25NO5S. The number of rotatable bonds is 10. The zero-order valence-electron chi connectivity index (χ0n) is 15.4. The lowest BCUT2D eigenvalue weighted by Gasteiger charge is -2.16. The molecule has 1 N–H and O–H groups in total. The van der Waals surface area contributed by atoms with Gasteiger partial charge in [-0.2, -0.15) is 0 Å². The van der Waals surface area contributed by atoms with E-state index in [4.69, 9.17) is 14.6 Å². The van der Waals surface area contributed by atoms with Gasteiger partial charge in [0.25, 0.3) is 11.8 Å². The molecule has 0 spiro atoms. The van der Waals surface area contributed by atoms with Gasteiger partial charge in [-0.1, -0.05) is 18.2 Å². The number of imide groups is 1. The van der Waals surface area contributed by atoms with Crippen molar-refractivity contribution >= 4 is 29.1 Å². The Morgan fingerprint density at radius 3 is 2.58 bits per heavy atom. The molecule has 7 heteroatoms. The van der Waals surface area contributed by atoms with Crippen LogP contribution in [-0.4, -0.2) is 60.5 Å². The van der Waals surface area contributed by atoms with E-state index in [9.17, 15) is 9.59 Å². The zero-order chi connectivity index (χ0) is 19.1. The van der Waals surface area contributed by atoms with E-state index in [-0.39, 0.29) is 24.5 Å². The van der Waals surface area contributed by atoms with E-state index in [1.165, 1.54) is 23.8 Å². The fourth-order valence-electron chi connectivity index (χ4n) is 2.67. The third-order valence-corrected chi connectivity index (χ3v) is 4.87. The number of para-hydroxylation sites is 1. The van der Waals surface area contributed by atoms with Gasteiger partial charge in [-0.15, -0.1) is 11.8 Å². The first-order valence-corrected chi connectivity index (χ1v) is 9.59. The van der Waals surface area contributed by atoms with Gasteiger partial charge < -0.3 is 14.6 Å². The van der Waals surface area contributed by atoms with Crippen LogP contribution in [0.15, 0.2) is 29.2 Å². The fraction of sp³-hybridized carbons (Fsp3) is 0.474. The third-order valence-electron chi connectivity index (χ3n) is 3.82. The first kappa shape index (κ1) is 20.5. The Kier molecular flexibility index (Phi) is 7.68. The zero-order valence-corrected chi connectivity index (χ0v) is 16.2. The highest BCUT2D eigenvalue weighted by atomic mass is 32.2. The van der Waals surface area contributed by atoms with Gasteiger partial charge in [0, 0.05) is 24.5 Å². The predicted molar refractivity (Wildman–Crippen MR) is 102 cm³/mol. The maximum Gasteiger partial charge on any atom is 0.267 e. The molecule has 1 aliphatic rings. The van der Waals surface area contributed by atoms with Crippen LogP contribution in [0.2, 0.25) is 0 Å². The van der Waals surface area contributed by atoms with Crippen molar-refractivity contribution < 1.29 is 24.2 Å². The van der Waals surface area contributed by atoms with Gasteiger partial charge in [-0.3, -0.25) is 14.5 Å². The van der Waals surface area contributed by atoms with Crippen LogP contribution >= 0.6 is 11.8 Å². The van der Waals surface area contributed by atoms with Gasteiger partial charge in [0.2, 0.25) is 0 Å². The Labute approximate surface area is 158 Å². The molecule has 0 fully saturated rings. The van der Waals surface area contributed by atoms with Crippen molar-refractivity contribution in [2.24, 2.45) is 0 Å². The summed E-state index contributed by atoms with van der Waals surface area (Å²) in [5.41, 5.74) is 0.936. The Bertz CT molecular complexity index is 686. The molecular weight excluding hydrogens is 354 g/mol. The van der Waals surface area contributed by atoms with E-state index < -0.39 is 0 Å². The lowest BCUT2D eigenvalue weighted by Crippen LogP contribution is -2.33. The van der Waals surface area contributed by atoms with Crippen molar-refractivity contribution in [1.29, 1.82) is 0 Å². The van der Waals surface area contributed by atoms with E-state index in [1.54, 1.807) is 18.2 Å². The molecule has 26 heavy (non-hydrogen) atoms. The normalized spacial score (nSPS) is 14.7. The maximum absolute atomic E-state index is 13.0. The van der Waals surface area contributed by atoms with E-state index >= 15 is 0 Å². The first-order valence-electron chi connectivity index (χ1n) is 8.60. The lowest BCUT2D eigenvalue weighted by molar-refractivity contribution is -0.136. The minimum absolute atomic E-state index is 0.0724. The molecule has 2 rings (SSSR count). The summed E-state index contributed by atoms with van der Waals surface area (Å²) in [6.07, 6.45) is 0.685. The molecule has 0 radical (unpaired) electrons. The smallest absolute Gasteiger partial charge is 0.267 e. The monoisotopic (exact) mass is 379 g/mol. The number of ether oxygens (including phenoxy) is 2. The van der Waals surface area contributed by atoms with Crippen LogP contribution in [0.3, 0.4) is 0 Å². The van der Waals surface area contributed by atoms with E-state index in [0.29, 0.717) is 47.1 Å². The number of thioether (sulfide) groups is 1. The second kappa shape index (κ2) is 9.75. The van der Waals surface area contributed by atoms with Crippen LogP contribution in [0.5, 0.6) is 5.75 Å². The quantitative estimate of drug-likeness (QED) is 0.497. The number of nitrogens with zero attached hydrogens (tertiary/aromatic N) is 1. The number of hydrogen-bond donors (Lipinski definition) is 1. The molecule has 0 aromatic heterocycles. The number of methoxy groups -OCH3 is 1. The highest BCUT2D eigenvalue weighted by Gasteiger charge is 2.39. The average Bonchev–Trinajstić information content (AvgIpc) is 2.86. The largest absolute Gasteiger partial charge is 0.496 e. The van der Waals surface area contributed by atoms with Gasteiger partial charge >= 0.3 is 0 Å². The summed E-state index contributed by atoms with van der Waals surface area (Å²) in [4.78, 5) is 27.4. The first-order chi connectivity index (χ1) is 12.5. The molecule has 0 bridgehead atoms. The highest BCUT2D eigenvalue weighted by molar-refractivity contribution is 8.04. The second-order valence-corrected chi connectivity index (χ2v) is 7.12. The van der Waals surface area contributed by atoms with Crippen molar-refractivity contribution in [3.63, 3.8) is 0 Å². The Balaban J connectivity index is 2.27. The van der Waals surface area contributed by atoms with E-state index in [1.807, 2.05) is 19.9 Å². The molecule has 0 atom stereocenters. The maximum atomic E-state index is 13.0. The number of benzene rings is 1. The van der Waals surface area contributed by atoms with Crippen molar-refractivity contribution in [3.8, 4) is 5.75 Å². The Morgan fingerprint density at radius 1 is 1.19 bits per heavy atom. The van der Waals surface area contributed by atoms with Gasteiger partial charge in [0.15, 0.2) is 0 Å². The molecule has 2 amide bonds. The fourth-order valence-corrected chi connectivity index (χ4v) is 3.54. The molecule has 0 aliphatic carbocycles. The molecule has 1 aromatic carbocycles. The minimum Gasteiger partial charge on any atom is -0.496 e. The van der Waals surface area contributed by atoms with Gasteiger partial charge in [-0.05, 0) is 26.3 Å². The van der Waals surface area contributed by atoms with Crippen LogP contribution < -0.4 is 4.74 Å². The third kappa shape index (κ3) is 4.66. The highest BCUT2D eigenvalue weighted by Crippen LogP contribution is 2.39. The topological polar surface area (TPSA) is 76.1 Å². The van der Waals surface area contributed by atoms with E-state index in [0.717, 1.165) is 0 Å². The number of carbonyl (C=O) groups excluding carboxylic acids is 2. The summed E-state index contributed by atoms with van der Waals surface area (Å²) in [5, 5.41) is 9.13. The SMILES string of the molecule is COc1ccccc1C1=C(SCCO)C(=O)N(CCCOC(C)C)C1=O. The Hall–Kier alpha value is -1.83. The van der Waals surface area contributed by atoms with Crippen molar-refractivity contribution in [2.45, 2.75) is 26.4 Å². The van der Waals surface area contributed by atoms with Crippen LogP contribution in [-0.2, 0) is 14.3 Å². The average molecular weight is 379 g/mol. The summed E-state index contributed by atoms with van der Waals surface area (Å²) < 4.78 is 10.9. The van der Waals surface area contributed by atoms with E-state index in [2.05, 4.69) is 0 Å². The lowest BCUT2D eigenvalue weighted by atomic mass is 10.1. The number of aliphatic hydroxyl groups is 1. The standard InChI is InChI=1S/C19H25NO5S/c1-13(2)25-11-6-9-20-18(22)16(17(19(20)23)26-12-10-21)14-7-4-5-8-15(14)24-3/h4-5,7-8,13,21H,6,9-12H2,1-3H3. The van der Waals surface area contributed by atoms with Crippen molar-refractivity contribution in [1.82, 2.24) is 4.90 Å². The summed E-state index contributed by atoms with van der Waals surface area (Å²) in [5.74, 6) is 0.233. The summed E-state index contributed by atoms with van der Waals surface area (Å²) in [6.45, 7) is 4.59. The van der Waals surface area contributed by atoms with Crippen molar-refractivity contribution in [3.05, 3.63) is 34.7 Å². The minimum atomic E-state index is -0.329. The number of carbonyl (C=O) groups is 2. The molecule has 0 unspecified atom stereocenters. The Morgan fingerprint density at radius 2 is 1.92 bits per heavy atom. The van der Waals surface area contributed by atoms with Crippen molar-refractivity contribution in [2.75, 3.05) is 32.6 Å². The van der Waals surface area contributed by atoms with Crippen LogP contribution in [0, 0.1) is 0 Å². The predicted octanol–water partition coefficient (Wildman–Crippen LogP) is 2.32. The summed E-state index contributed by atoms with van der Waals surface area (Å²) >= 11 is 1.20. The molecule has 1 heterocycles.